The molecule has 70 valence electrons. The van der Waals surface area contributed by atoms with Crippen LogP contribution in [0.4, 0.5) is 0 Å². The number of nitrogens with one attached hydrogen (secondary N) is 1. The zero-order valence-electron chi connectivity index (χ0n) is 7.07. The third kappa shape index (κ3) is 1.58. The predicted octanol–water partition coefficient (Wildman–Crippen LogP) is 2.05. The summed E-state index contributed by atoms with van der Waals surface area (Å²) in [7, 11) is 0. The number of pyridine rings is 1. The fourth-order valence-electron chi connectivity index (χ4n) is 1.08. The lowest BCUT2D eigenvalue weighted by Crippen LogP contribution is -1.87. The molecule has 1 N–H and O–H groups in total. The molecule has 0 atom stereocenters. The number of H-pyrrole nitrogens is 1. The summed E-state index contributed by atoms with van der Waals surface area (Å²) in [6.07, 6.45) is 3.86. The molecule has 0 saturated heterocycles. The van der Waals surface area contributed by atoms with Gasteiger partial charge < -0.3 is 4.98 Å². The SMILES string of the molecule is O=Cc1cnc(-c2ncccc2Br)[nH]1. The molecule has 2 aromatic rings. The first-order chi connectivity index (χ1) is 6.81. The molecule has 0 fully saturated rings. The molecule has 0 radical (unpaired) electrons. The highest BCUT2D eigenvalue weighted by Crippen LogP contribution is 2.22. The summed E-state index contributed by atoms with van der Waals surface area (Å²) in [5.41, 5.74) is 1.14. The second kappa shape index (κ2) is 3.71. The van der Waals surface area contributed by atoms with Crippen molar-refractivity contribution in [1.82, 2.24) is 15.0 Å². The lowest BCUT2D eigenvalue weighted by Gasteiger charge is -1.97. The third-order valence-electron chi connectivity index (χ3n) is 1.71. The number of imidazole rings is 1. The molecule has 14 heavy (non-hydrogen) atoms. The van der Waals surface area contributed by atoms with Gasteiger partial charge in [-0.2, -0.15) is 0 Å². The van der Waals surface area contributed by atoms with Gasteiger partial charge in [0.2, 0.25) is 0 Å². The Bertz CT molecular complexity index is 467. The summed E-state index contributed by atoms with van der Waals surface area (Å²) in [5, 5.41) is 0. The van der Waals surface area contributed by atoms with Gasteiger partial charge in [0.25, 0.3) is 0 Å². The number of carbonyl (C=O) groups is 1. The van der Waals surface area contributed by atoms with Gasteiger partial charge in [0.15, 0.2) is 12.1 Å². The number of rotatable bonds is 2. The highest BCUT2D eigenvalue weighted by molar-refractivity contribution is 9.10. The number of carbonyl (C=O) groups excluding carboxylic acids is 1. The van der Waals surface area contributed by atoms with E-state index in [2.05, 4.69) is 30.9 Å². The minimum absolute atomic E-state index is 0.442. The molecule has 0 unspecified atom stereocenters. The Labute approximate surface area is 88.5 Å². The first kappa shape index (κ1) is 9.08. The Kier molecular flexibility index (Phi) is 2.41. The zero-order valence-corrected chi connectivity index (χ0v) is 8.65. The zero-order chi connectivity index (χ0) is 9.97. The number of aldehydes is 1. The number of nitrogens with zero attached hydrogens (tertiary/aromatic N) is 2. The largest absolute Gasteiger partial charge is 0.334 e. The molecule has 0 aliphatic heterocycles. The molecule has 0 spiro atoms. The van der Waals surface area contributed by atoms with Crippen molar-refractivity contribution in [2.45, 2.75) is 0 Å². The van der Waals surface area contributed by atoms with Gasteiger partial charge in [0.05, 0.1) is 11.9 Å². The summed E-state index contributed by atoms with van der Waals surface area (Å²) < 4.78 is 0.840. The van der Waals surface area contributed by atoms with Crippen LogP contribution in [0.5, 0.6) is 0 Å². The van der Waals surface area contributed by atoms with E-state index in [1.165, 1.54) is 6.20 Å². The first-order valence-corrected chi connectivity index (χ1v) is 4.71. The molecule has 2 aromatic heterocycles. The number of hydrogen-bond donors (Lipinski definition) is 1. The van der Waals surface area contributed by atoms with Crippen LogP contribution < -0.4 is 0 Å². The second-order valence-electron chi connectivity index (χ2n) is 2.64. The van der Waals surface area contributed by atoms with Gasteiger partial charge in [-0.05, 0) is 28.1 Å². The smallest absolute Gasteiger partial charge is 0.167 e. The Balaban J connectivity index is 2.49. The quantitative estimate of drug-likeness (QED) is 0.832. The molecule has 0 aliphatic carbocycles. The van der Waals surface area contributed by atoms with Gasteiger partial charge in [-0.1, -0.05) is 0 Å². The van der Waals surface area contributed by atoms with Crippen molar-refractivity contribution >= 4 is 22.2 Å². The van der Waals surface area contributed by atoms with E-state index in [-0.39, 0.29) is 0 Å². The van der Waals surface area contributed by atoms with Gasteiger partial charge in [-0.3, -0.25) is 9.78 Å². The van der Waals surface area contributed by atoms with E-state index in [0.717, 1.165) is 4.47 Å². The van der Waals surface area contributed by atoms with Crippen LogP contribution in [0, 0.1) is 0 Å². The summed E-state index contributed by atoms with van der Waals surface area (Å²) >= 11 is 3.35. The maximum atomic E-state index is 10.4. The van der Waals surface area contributed by atoms with Crippen LogP contribution in [0.25, 0.3) is 11.5 Å². The summed E-state index contributed by atoms with van der Waals surface area (Å²) in [4.78, 5) is 21.5. The van der Waals surface area contributed by atoms with Gasteiger partial charge in [-0.25, -0.2) is 4.98 Å². The lowest BCUT2D eigenvalue weighted by molar-refractivity contribution is 0.111. The molecule has 0 saturated carbocycles. The maximum Gasteiger partial charge on any atom is 0.167 e. The fourth-order valence-corrected chi connectivity index (χ4v) is 1.52. The molecule has 0 aromatic carbocycles. The van der Waals surface area contributed by atoms with Crippen molar-refractivity contribution in [3.8, 4) is 11.5 Å². The van der Waals surface area contributed by atoms with Gasteiger partial charge >= 0.3 is 0 Å². The van der Waals surface area contributed by atoms with E-state index in [0.29, 0.717) is 23.5 Å². The fraction of sp³-hybridized carbons (Fsp3) is 0. The number of hydrogen-bond acceptors (Lipinski definition) is 3. The van der Waals surface area contributed by atoms with E-state index in [1.807, 2.05) is 12.1 Å². The van der Waals surface area contributed by atoms with E-state index in [1.54, 1.807) is 6.20 Å². The van der Waals surface area contributed by atoms with Crippen molar-refractivity contribution in [1.29, 1.82) is 0 Å². The minimum atomic E-state index is 0.442. The van der Waals surface area contributed by atoms with E-state index in [9.17, 15) is 4.79 Å². The third-order valence-corrected chi connectivity index (χ3v) is 2.35. The van der Waals surface area contributed by atoms with E-state index in [4.69, 9.17) is 0 Å². The number of aromatic amines is 1. The molecule has 0 bridgehead atoms. The topological polar surface area (TPSA) is 58.6 Å². The van der Waals surface area contributed by atoms with Gasteiger partial charge in [0.1, 0.15) is 5.69 Å². The molecule has 0 aliphatic rings. The summed E-state index contributed by atoms with van der Waals surface area (Å²) in [6.45, 7) is 0. The molecule has 5 heteroatoms. The van der Waals surface area contributed by atoms with Crippen LogP contribution in [0.3, 0.4) is 0 Å². The Morgan fingerprint density at radius 2 is 2.29 bits per heavy atom. The number of halogens is 1. The normalized spacial score (nSPS) is 10.1. The molecular weight excluding hydrogens is 246 g/mol. The molecule has 2 rings (SSSR count). The second-order valence-corrected chi connectivity index (χ2v) is 3.49. The van der Waals surface area contributed by atoms with Gasteiger partial charge in [0, 0.05) is 10.7 Å². The van der Waals surface area contributed by atoms with Crippen molar-refractivity contribution in [3.63, 3.8) is 0 Å². The first-order valence-electron chi connectivity index (χ1n) is 3.92. The van der Waals surface area contributed by atoms with Crippen LogP contribution in [-0.2, 0) is 0 Å². The monoisotopic (exact) mass is 251 g/mol. The van der Waals surface area contributed by atoms with Crippen molar-refractivity contribution in [2.24, 2.45) is 0 Å². The van der Waals surface area contributed by atoms with Crippen LogP contribution in [0.2, 0.25) is 0 Å². The highest BCUT2D eigenvalue weighted by atomic mass is 79.9. The Morgan fingerprint density at radius 3 is 2.93 bits per heavy atom. The Morgan fingerprint density at radius 1 is 1.43 bits per heavy atom. The van der Waals surface area contributed by atoms with Crippen molar-refractivity contribution < 1.29 is 4.79 Å². The standard InChI is InChI=1S/C9H6BrN3O/c10-7-2-1-3-11-8(7)9-12-4-6(5-14)13-9/h1-5H,(H,12,13). The summed E-state index contributed by atoms with van der Waals surface area (Å²) in [5.74, 6) is 0.583. The van der Waals surface area contributed by atoms with Gasteiger partial charge in [-0.15, -0.1) is 0 Å². The summed E-state index contributed by atoms with van der Waals surface area (Å²) in [6, 6.07) is 3.68. The highest BCUT2D eigenvalue weighted by Gasteiger charge is 2.07. The molecule has 0 amide bonds. The number of aromatic nitrogens is 3. The minimum Gasteiger partial charge on any atom is -0.334 e. The van der Waals surface area contributed by atoms with Crippen LogP contribution >= 0.6 is 15.9 Å². The van der Waals surface area contributed by atoms with Crippen molar-refractivity contribution in [3.05, 3.63) is 34.7 Å². The van der Waals surface area contributed by atoms with Crippen LogP contribution in [-0.4, -0.2) is 21.2 Å². The maximum absolute atomic E-state index is 10.4. The Hall–Kier alpha value is -1.49. The van der Waals surface area contributed by atoms with E-state index >= 15 is 0 Å². The molecular formula is C9H6BrN3O. The van der Waals surface area contributed by atoms with Crippen molar-refractivity contribution in [2.75, 3.05) is 0 Å². The lowest BCUT2D eigenvalue weighted by atomic mass is 10.3. The average molecular weight is 252 g/mol. The van der Waals surface area contributed by atoms with Crippen LogP contribution in [0.1, 0.15) is 10.5 Å². The molecule has 2 heterocycles. The van der Waals surface area contributed by atoms with E-state index < -0.39 is 0 Å². The molecule has 4 nitrogen and oxygen atoms in total. The average Bonchev–Trinajstić information content (AvgIpc) is 2.67. The predicted molar refractivity (Wildman–Crippen MR) is 54.9 cm³/mol. The van der Waals surface area contributed by atoms with Crippen LogP contribution in [0.15, 0.2) is 29.0 Å².